The van der Waals surface area contributed by atoms with Crippen LogP contribution >= 0.6 is 0 Å². The molecule has 0 aliphatic heterocycles. The lowest BCUT2D eigenvalue weighted by molar-refractivity contribution is -0.142. The van der Waals surface area contributed by atoms with Crippen molar-refractivity contribution in [3.05, 3.63) is 23.8 Å². The maximum atomic E-state index is 10.2. The summed E-state index contributed by atoms with van der Waals surface area (Å²) in [5.41, 5.74) is 1.01. The van der Waals surface area contributed by atoms with Gasteiger partial charge in [0.2, 0.25) is 0 Å². The maximum absolute atomic E-state index is 10.2. The summed E-state index contributed by atoms with van der Waals surface area (Å²) >= 11 is 0. The Hall–Kier alpha value is -1.75. The van der Waals surface area contributed by atoms with Crippen LogP contribution in [0.1, 0.15) is 5.56 Å². The van der Waals surface area contributed by atoms with E-state index in [2.05, 4.69) is 0 Å². The van der Waals surface area contributed by atoms with Crippen LogP contribution in [-0.2, 0) is 16.0 Å². The Bertz CT molecular complexity index is 375. The number of hydrogen-bond donors (Lipinski definition) is 1. The number of hydrogen-bond acceptors (Lipinski definition) is 4. The SMILES string of the molecule is COc1ccc(CCOCC(=O)O)cc1OC. The van der Waals surface area contributed by atoms with Crippen LogP contribution in [0.4, 0.5) is 0 Å². The predicted octanol–water partition coefficient (Wildman–Crippen LogP) is 1.35. The van der Waals surface area contributed by atoms with Gasteiger partial charge >= 0.3 is 5.97 Å². The molecule has 0 unspecified atom stereocenters. The van der Waals surface area contributed by atoms with Gasteiger partial charge in [0.05, 0.1) is 20.8 Å². The van der Waals surface area contributed by atoms with Crippen LogP contribution in [0.5, 0.6) is 11.5 Å². The number of carboxylic acids is 1. The quantitative estimate of drug-likeness (QED) is 0.729. The van der Waals surface area contributed by atoms with Crippen LogP contribution in [0, 0.1) is 0 Å². The van der Waals surface area contributed by atoms with E-state index < -0.39 is 5.97 Å². The summed E-state index contributed by atoms with van der Waals surface area (Å²) < 4.78 is 15.2. The average molecular weight is 240 g/mol. The van der Waals surface area contributed by atoms with E-state index in [-0.39, 0.29) is 6.61 Å². The third-order valence-electron chi connectivity index (χ3n) is 2.21. The Morgan fingerprint density at radius 3 is 2.53 bits per heavy atom. The average Bonchev–Trinajstić information content (AvgIpc) is 2.34. The monoisotopic (exact) mass is 240 g/mol. The fourth-order valence-electron chi connectivity index (χ4n) is 1.39. The summed E-state index contributed by atoms with van der Waals surface area (Å²) in [5, 5.41) is 8.40. The molecule has 0 radical (unpaired) electrons. The molecule has 1 rings (SSSR count). The molecule has 0 atom stereocenters. The number of benzene rings is 1. The maximum Gasteiger partial charge on any atom is 0.329 e. The minimum Gasteiger partial charge on any atom is -0.493 e. The molecule has 1 aromatic rings. The Morgan fingerprint density at radius 1 is 1.24 bits per heavy atom. The summed E-state index contributed by atoms with van der Waals surface area (Å²) in [4.78, 5) is 10.2. The molecule has 0 saturated carbocycles. The highest BCUT2D eigenvalue weighted by atomic mass is 16.5. The van der Waals surface area contributed by atoms with E-state index in [1.807, 2.05) is 18.2 Å². The predicted molar refractivity (Wildman–Crippen MR) is 61.7 cm³/mol. The van der Waals surface area contributed by atoms with Gasteiger partial charge in [0.1, 0.15) is 6.61 Å². The molecule has 0 aromatic heterocycles. The van der Waals surface area contributed by atoms with Crippen LogP contribution in [0.25, 0.3) is 0 Å². The first-order chi connectivity index (χ1) is 8.17. The van der Waals surface area contributed by atoms with Crippen LogP contribution in [0.3, 0.4) is 0 Å². The van der Waals surface area contributed by atoms with Gasteiger partial charge in [0, 0.05) is 0 Å². The number of ether oxygens (including phenoxy) is 3. The van der Waals surface area contributed by atoms with Gasteiger partial charge in [-0.3, -0.25) is 0 Å². The van der Waals surface area contributed by atoms with Crippen molar-refractivity contribution in [1.82, 2.24) is 0 Å². The zero-order valence-electron chi connectivity index (χ0n) is 9.93. The van der Waals surface area contributed by atoms with Crippen LogP contribution in [-0.4, -0.2) is 38.5 Å². The van der Waals surface area contributed by atoms with Gasteiger partial charge in [0.15, 0.2) is 11.5 Å². The number of carbonyl (C=O) groups is 1. The number of aliphatic carboxylic acids is 1. The second kappa shape index (κ2) is 6.75. The molecular formula is C12H16O5. The molecule has 0 amide bonds. The number of rotatable bonds is 7. The normalized spacial score (nSPS) is 10.0. The third kappa shape index (κ3) is 4.32. The summed E-state index contributed by atoms with van der Waals surface area (Å²) in [7, 11) is 3.15. The van der Waals surface area contributed by atoms with Gasteiger partial charge in [-0.1, -0.05) is 6.07 Å². The lowest BCUT2D eigenvalue weighted by Crippen LogP contribution is -2.09. The first-order valence-electron chi connectivity index (χ1n) is 5.17. The summed E-state index contributed by atoms with van der Waals surface area (Å²) in [5.74, 6) is 0.364. The molecule has 0 aliphatic rings. The smallest absolute Gasteiger partial charge is 0.329 e. The van der Waals surface area contributed by atoms with Crippen molar-refractivity contribution in [2.45, 2.75) is 6.42 Å². The minimum absolute atomic E-state index is 0.271. The van der Waals surface area contributed by atoms with E-state index >= 15 is 0 Å². The van der Waals surface area contributed by atoms with E-state index in [1.54, 1.807) is 14.2 Å². The van der Waals surface area contributed by atoms with Crippen molar-refractivity contribution < 1.29 is 24.1 Å². The molecule has 0 spiro atoms. The van der Waals surface area contributed by atoms with Crippen molar-refractivity contribution in [2.24, 2.45) is 0 Å². The minimum atomic E-state index is -0.961. The van der Waals surface area contributed by atoms with E-state index in [1.165, 1.54) is 0 Å². The van der Waals surface area contributed by atoms with Crippen LogP contribution < -0.4 is 9.47 Å². The summed E-state index contributed by atoms with van der Waals surface area (Å²) in [6.45, 7) is 0.0923. The molecule has 0 fully saturated rings. The van der Waals surface area contributed by atoms with Crippen LogP contribution in [0.15, 0.2) is 18.2 Å². The molecular weight excluding hydrogens is 224 g/mol. The highest BCUT2D eigenvalue weighted by Crippen LogP contribution is 2.27. The molecule has 0 saturated heterocycles. The molecule has 0 heterocycles. The fraction of sp³-hybridized carbons (Fsp3) is 0.417. The van der Waals surface area contributed by atoms with Crippen molar-refractivity contribution in [3.8, 4) is 11.5 Å². The van der Waals surface area contributed by atoms with Gasteiger partial charge < -0.3 is 19.3 Å². The molecule has 1 N–H and O–H groups in total. The van der Waals surface area contributed by atoms with E-state index in [0.29, 0.717) is 24.5 Å². The molecule has 0 bridgehead atoms. The Labute approximate surface area is 99.9 Å². The van der Waals surface area contributed by atoms with E-state index in [4.69, 9.17) is 19.3 Å². The number of methoxy groups -OCH3 is 2. The highest BCUT2D eigenvalue weighted by Gasteiger charge is 2.04. The Balaban J connectivity index is 2.51. The topological polar surface area (TPSA) is 65.0 Å². The van der Waals surface area contributed by atoms with Gasteiger partial charge in [-0.05, 0) is 24.1 Å². The van der Waals surface area contributed by atoms with Crippen molar-refractivity contribution >= 4 is 5.97 Å². The first-order valence-corrected chi connectivity index (χ1v) is 5.17. The van der Waals surface area contributed by atoms with Gasteiger partial charge in [-0.15, -0.1) is 0 Å². The number of carboxylic acid groups (broad SMARTS) is 1. The summed E-state index contributed by atoms with van der Waals surface area (Å²) in [6, 6.07) is 5.56. The Morgan fingerprint density at radius 2 is 1.94 bits per heavy atom. The van der Waals surface area contributed by atoms with Crippen molar-refractivity contribution in [2.75, 3.05) is 27.4 Å². The molecule has 5 heteroatoms. The van der Waals surface area contributed by atoms with E-state index in [9.17, 15) is 4.79 Å². The van der Waals surface area contributed by atoms with Gasteiger partial charge in [-0.2, -0.15) is 0 Å². The largest absolute Gasteiger partial charge is 0.493 e. The van der Waals surface area contributed by atoms with Crippen molar-refractivity contribution in [3.63, 3.8) is 0 Å². The highest BCUT2D eigenvalue weighted by molar-refractivity contribution is 5.67. The zero-order valence-corrected chi connectivity index (χ0v) is 9.93. The van der Waals surface area contributed by atoms with Crippen molar-refractivity contribution in [1.29, 1.82) is 0 Å². The molecule has 5 nitrogen and oxygen atoms in total. The zero-order chi connectivity index (χ0) is 12.7. The molecule has 94 valence electrons. The lowest BCUT2D eigenvalue weighted by atomic mass is 10.1. The molecule has 17 heavy (non-hydrogen) atoms. The second-order valence-electron chi connectivity index (χ2n) is 3.39. The third-order valence-corrected chi connectivity index (χ3v) is 2.21. The lowest BCUT2D eigenvalue weighted by Gasteiger charge is -2.09. The second-order valence-corrected chi connectivity index (χ2v) is 3.39. The first kappa shape index (κ1) is 13.3. The molecule has 1 aromatic carbocycles. The van der Waals surface area contributed by atoms with Gasteiger partial charge in [-0.25, -0.2) is 4.79 Å². The van der Waals surface area contributed by atoms with Gasteiger partial charge in [0.25, 0.3) is 0 Å². The van der Waals surface area contributed by atoms with E-state index in [0.717, 1.165) is 5.56 Å². The standard InChI is InChI=1S/C12H16O5/c1-15-10-4-3-9(7-11(10)16-2)5-6-17-8-12(13)14/h3-4,7H,5-6,8H2,1-2H3,(H,13,14). The van der Waals surface area contributed by atoms with Crippen LogP contribution in [0.2, 0.25) is 0 Å². The fourth-order valence-corrected chi connectivity index (χ4v) is 1.39. The Kier molecular flexibility index (Phi) is 5.29. The molecule has 0 aliphatic carbocycles. The summed E-state index contributed by atoms with van der Waals surface area (Å²) in [6.07, 6.45) is 0.633.